The summed E-state index contributed by atoms with van der Waals surface area (Å²) in [5.74, 6) is 0.796. The van der Waals surface area contributed by atoms with Crippen molar-refractivity contribution in [1.82, 2.24) is 16.0 Å². The molecule has 0 radical (unpaired) electrons. The van der Waals surface area contributed by atoms with Gasteiger partial charge in [-0.25, -0.2) is 4.79 Å². The second kappa shape index (κ2) is 13.9. The summed E-state index contributed by atoms with van der Waals surface area (Å²) in [4.78, 5) is 34.9. The molecule has 0 saturated carbocycles. The second-order valence-electron chi connectivity index (χ2n) is 9.13. The number of hydrogen-bond donors (Lipinski definition) is 3. The molecule has 3 atom stereocenters. The topological polar surface area (TPSA) is 115 Å². The molecule has 2 heterocycles. The van der Waals surface area contributed by atoms with Gasteiger partial charge in [0.1, 0.15) is 5.60 Å². The highest BCUT2D eigenvalue weighted by Crippen LogP contribution is 2.33. The Balaban J connectivity index is 1.34. The highest BCUT2D eigenvalue weighted by Gasteiger charge is 2.42. The summed E-state index contributed by atoms with van der Waals surface area (Å²) < 4.78 is 16.1. The predicted octanol–water partition coefficient (Wildman–Crippen LogP) is 1.98. The molecule has 2 saturated heterocycles. The maximum atomic E-state index is 11.9. The van der Waals surface area contributed by atoms with Crippen LogP contribution in [-0.4, -0.2) is 79.6 Å². The Bertz CT molecular complexity index is 613. The Labute approximate surface area is 195 Å². The molecule has 2 fully saturated rings. The van der Waals surface area contributed by atoms with Crippen LogP contribution in [0.15, 0.2) is 0 Å². The Hall–Kier alpha value is -1.52. The molecule has 3 N–H and O–H groups in total. The van der Waals surface area contributed by atoms with E-state index in [-0.39, 0.29) is 30.0 Å². The summed E-state index contributed by atoms with van der Waals surface area (Å²) in [6.45, 7) is 7.88. The molecule has 10 heteroatoms. The lowest BCUT2D eigenvalue weighted by Gasteiger charge is -2.19. The first-order valence-corrected chi connectivity index (χ1v) is 12.6. The van der Waals surface area contributed by atoms with Crippen molar-refractivity contribution in [2.24, 2.45) is 0 Å². The van der Waals surface area contributed by atoms with Gasteiger partial charge in [0.25, 0.3) is 0 Å². The zero-order chi connectivity index (χ0) is 23.4. The standard InChI is InChI=1S/C22H39N3O6S/c1-22(2,3)31-19(27)9-6-11-29-13-14-30-12-10-23-18(26)8-5-4-7-17-20-16(15-32-17)24-21(28)25-20/h16-17,20H,4-15H2,1-3H3,(H,23,26)(H2,24,25,28)/t16-,17?,20-/m0/s1. The highest BCUT2D eigenvalue weighted by atomic mass is 32.2. The fourth-order valence-corrected chi connectivity index (χ4v) is 5.20. The molecule has 0 spiro atoms. The average molecular weight is 474 g/mol. The minimum Gasteiger partial charge on any atom is -0.460 e. The summed E-state index contributed by atoms with van der Waals surface area (Å²) in [6.07, 6.45) is 4.32. The molecule has 0 aromatic heterocycles. The van der Waals surface area contributed by atoms with Crippen molar-refractivity contribution in [3.8, 4) is 0 Å². The first-order valence-electron chi connectivity index (χ1n) is 11.6. The minimum absolute atomic E-state index is 0.0415. The number of rotatable bonds is 15. The molecule has 0 bridgehead atoms. The number of urea groups is 1. The molecule has 2 rings (SSSR count). The lowest BCUT2D eigenvalue weighted by Crippen LogP contribution is -2.36. The summed E-state index contributed by atoms with van der Waals surface area (Å²) >= 11 is 1.90. The summed E-state index contributed by atoms with van der Waals surface area (Å²) in [5.41, 5.74) is -0.451. The molecule has 2 aliphatic heterocycles. The largest absolute Gasteiger partial charge is 0.460 e. The van der Waals surface area contributed by atoms with E-state index in [0.717, 1.165) is 25.0 Å². The van der Waals surface area contributed by atoms with Crippen molar-refractivity contribution >= 4 is 29.7 Å². The quantitative estimate of drug-likeness (QED) is 0.189. The van der Waals surface area contributed by atoms with E-state index < -0.39 is 5.60 Å². The Morgan fingerprint density at radius 1 is 1.03 bits per heavy atom. The lowest BCUT2D eigenvalue weighted by molar-refractivity contribution is -0.155. The van der Waals surface area contributed by atoms with Crippen molar-refractivity contribution in [3.05, 3.63) is 0 Å². The van der Waals surface area contributed by atoms with Gasteiger partial charge in [-0.1, -0.05) is 6.42 Å². The summed E-state index contributed by atoms with van der Waals surface area (Å²) in [5, 5.41) is 9.25. The molecule has 2 aliphatic rings. The fraction of sp³-hybridized carbons (Fsp3) is 0.864. The number of nitrogens with one attached hydrogen (secondary N) is 3. The highest BCUT2D eigenvalue weighted by molar-refractivity contribution is 8.00. The van der Waals surface area contributed by atoms with Crippen LogP contribution in [0.25, 0.3) is 0 Å². The predicted molar refractivity (Wildman–Crippen MR) is 124 cm³/mol. The second-order valence-corrected chi connectivity index (χ2v) is 10.4. The fourth-order valence-electron chi connectivity index (χ4n) is 3.66. The van der Waals surface area contributed by atoms with Gasteiger partial charge in [0.15, 0.2) is 0 Å². The first-order chi connectivity index (χ1) is 15.2. The van der Waals surface area contributed by atoms with Crippen molar-refractivity contribution in [3.63, 3.8) is 0 Å². The van der Waals surface area contributed by atoms with Crippen LogP contribution in [0.1, 0.15) is 59.3 Å². The maximum absolute atomic E-state index is 11.9. The third kappa shape index (κ3) is 10.9. The number of ether oxygens (including phenoxy) is 3. The molecule has 184 valence electrons. The molecule has 32 heavy (non-hydrogen) atoms. The van der Waals surface area contributed by atoms with Crippen molar-refractivity contribution in [2.75, 3.05) is 38.7 Å². The molecule has 0 aromatic rings. The van der Waals surface area contributed by atoms with E-state index in [4.69, 9.17) is 14.2 Å². The van der Waals surface area contributed by atoms with Gasteiger partial charge in [0.2, 0.25) is 5.91 Å². The van der Waals surface area contributed by atoms with Crippen LogP contribution in [0, 0.1) is 0 Å². The normalized spacial score (nSPS) is 22.2. The number of amides is 3. The average Bonchev–Trinajstić information content (AvgIpc) is 3.24. The van der Waals surface area contributed by atoms with E-state index in [2.05, 4.69) is 16.0 Å². The molecule has 3 amide bonds. The number of esters is 1. The van der Waals surface area contributed by atoms with Crippen LogP contribution in [0.5, 0.6) is 0 Å². The molecular weight excluding hydrogens is 434 g/mol. The number of thioether (sulfide) groups is 1. The van der Waals surface area contributed by atoms with Gasteiger partial charge < -0.3 is 30.2 Å². The first kappa shape index (κ1) is 26.7. The van der Waals surface area contributed by atoms with Gasteiger partial charge in [-0.3, -0.25) is 9.59 Å². The monoisotopic (exact) mass is 473 g/mol. The van der Waals surface area contributed by atoms with Crippen LogP contribution in [-0.2, 0) is 23.8 Å². The van der Waals surface area contributed by atoms with Crippen LogP contribution < -0.4 is 16.0 Å². The van der Waals surface area contributed by atoms with Crippen LogP contribution in [0.3, 0.4) is 0 Å². The maximum Gasteiger partial charge on any atom is 0.315 e. The SMILES string of the molecule is CC(C)(C)OC(=O)CCCOCCOCCNC(=O)CCCCC1SC[C@@H]2NC(=O)N[C@H]12. The lowest BCUT2D eigenvalue weighted by atomic mass is 10.0. The Morgan fingerprint density at radius 2 is 1.78 bits per heavy atom. The van der Waals surface area contributed by atoms with Crippen molar-refractivity contribution < 1.29 is 28.6 Å². The van der Waals surface area contributed by atoms with Crippen LogP contribution >= 0.6 is 11.8 Å². The van der Waals surface area contributed by atoms with E-state index >= 15 is 0 Å². The van der Waals surface area contributed by atoms with E-state index in [1.54, 1.807) is 0 Å². The number of hydrogen-bond acceptors (Lipinski definition) is 7. The van der Waals surface area contributed by atoms with E-state index in [1.165, 1.54) is 0 Å². The molecule has 0 aliphatic carbocycles. The molecule has 0 aromatic carbocycles. The number of carbonyl (C=O) groups excluding carboxylic acids is 3. The molecule has 1 unspecified atom stereocenters. The Kier molecular flexibility index (Phi) is 11.6. The third-order valence-electron chi connectivity index (χ3n) is 5.11. The van der Waals surface area contributed by atoms with E-state index in [0.29, 0.717) is 57.5 Å². The minimum atomic E-state index is -0.451. The summed E-state index contributed by atoms with van der Waals surface area (Å²) in [7, 11) is 0. The zero-order valence-electron chi connectivity index (χ0n) is 19.6. The summed E-state index contributed by atoms with van der Waals surface area (Å²) in [6, 6.07) is 0.424. The van der Waals surface area contributed by atoms with Crippen molar-refractivity contribution in [2.45, 2.75) is 82.2 Å². The van der Waals surface area contributed by atoms with Gasteiger partial charge in [-0.15, -0.1) is 0 Å². The van der Waals surface area contributed by atoms with Gasteiger partial charge in [-0.2, -0.15) is 11.8 Å². The van der Waals surface area contributed by atoms with Gasteiger partial charge in [0.05, 0.1) is 31.9 Å². The Morgan fingerprint density at radius 3 is 2.53 bits per heavy atom. The van der Waals surface area contributed by atoms with Gasteiger partial charge in [0, 0.05) is 37.0 Å². The number of carbonyl (C=O) groups is 3. The van der Waals surface area contributed by atoms with Gasteiger partial charge in [-0.05, 0) is 40.0 Å². The van der Waals surface area contributed by atoms with Crippen molar-refractivity contribution in [1.29, 1.82) is 0 Å². The van der Waals surface area contributed by atoms with E-state index in [9.17, 15) is 14.4 Å². The smallest absolute Gasteiger partial charge is 0.315 e. The van der Waals surface area contributed by atoms with E-state index in [1.807, 2.05) is 32.5 Å². The van der Waals surface area contributed by atoms with Crippen LogP contribution in [0.2, 0.25) is 0 Å². The molecular formula is C22H39N3O6S. The number of fused-ring (bicyclic) bond motifs is 1. The zero-order valence-corrected chi connectivity index (χ0v) is 20.4. The molecule has 9 nitrogen and oxygen atoms in total. The van der Waals surface area contributed by atoms with Gasteiger partial charge >= 0.3 is 12.0 Å². The van der Waals surface area contributed by atoms with Crippen LogP contribution in [0.4, 0.5) is 4.79 Å². The number of unbranched alkanes of at least 4 members (excludes halogenated alkanes) is 1. The third-order valence-corrected chi connectivity index (χ3v) is 6.62.